The van der Waals surface area contributed by atoms with Crippen LogP contribution in [0.5, 0.6) is 0 Å². The highest BCUT2D eigenvalue weighted by Gasteiger charge is 2.47. The third kappa shape index (κ3) is 4.32. The van der Waals surface area contributed by atoms with Crippen LogP contribution in [0.1, 0.15) is 55.6 Å². The van der Waals surface area contributed by atoms with Crippen LogP contribution in [-0.2, 0) is 14.3 Å². The van der Waals surface area contributed by atoms with Crippen LogP contribution in [0.3, 0.4) is 0 Å². The normalized spacial score (nSPS) is 22.2. The number of nitrogens with one attached hydrogen (secondary N) is 2. The number of aliphatic carboxylic acids is 1. The smallest absolute Gasteiger partial charge is 0.407 e. The first kappa shape index (κ1) is 21.5. The maximum Gasteiger partial charge on any atom is 0.407 e. The lowest BCUT2D eigenvalue weighted by Crippen LogP contribution is -2.45. The van der Waals surface area contributed by atoms with Crippen molar-refractivity contribution in [2.45, 2.75) is 56.0 Å². The van der Waals surface area contributed by atoms with E-state index in [-0.39, 0.29) is 30.9 Å². The molecule has 2 atom stereocenters. The minimum Gasteiger partial charge on any atom is -0.481 e. The standard InChI is InChI=1S/C26H28N2O5/c29-23(27-22-11-5-10-20(22)24(30)31)14-26(12-13-26)28-25(32)33-15-21-18-8-3-1-6-16(18)17-7-2-4-9-19(17)21/h1-4,6-9,20-22H,5,10-15H2,(H,27,29)(H,28,32)(H,30,31). The Hall–Kier alpha value is -3.35. The summed E-state index contributed by atoms with van der Waals surface area (Å²) in [6, 6.07) is 16.0. The number of amides is 2. The van der Waals surface area contributed by atoms with Crippen molar-refractivity contribution < 1.29 is 24.2 Å². The molecule has 0 bridgehead atoms. The van der Waals surface area contributed by atoms with Gasteiger partial charge in [-0.25, -0.2) is 4.79 Å². The second kappa shape index (κ2) is 8.54. The molecule has 0 saturated heterocycles. The molecule has 2 amide bonds. The Balaban J connectivity index is 1.16. The van der Waals surface area contributed by atoms with Gasteiger partial charge >= 0.3 is 12.1 Å². The molecule has 0 spiro atoms. The molecule has 2 fully saturated rings. The van der Waals surface area contributed by atoms with Gasteiger partial charge in [-0.15, -0.1) is 0 Å². The third-order valence-electron chi connectivity index (χ3n) is 7.24. The van der Waals surface area contributed by atoms with Gasteiger partial charge in [0.1, 0.15) is 6.61 Å². The van der Waals surface area contributed by atoms with Crippen LogP contribution in [-0.4, -0.2) is 41.3 Å². The van der Waals surface area contributed by atoms with Crippen LogP contribution in [0.2, 0.25) is 0 Å². The van der Waals surface area contributed by atoms with E-state index in [2.05, 4.69) is 34.9 Å². The molecule has 0 aromatic heterocycles. The van der Waals surface area contributed by atoms with E-state index in [4.69, 9.17) is 4.74 Å². The number of carboxylic acid groups (broad SMARTS) is 1. The van der Waals surface area contributed by atoms with Crippen LogP contribution in [0.15, 0.2) is 48.5 Å². The Labute approximate surface area is 192 Å². The van der Waals surface area contributed by atoms with Crippen molar-refractivity contribution in [3.8, 4) is 11.1 Å². The van der Waals surface area contributed by atoms with Gasteiger partial charge in [-0.1, -0.05) is 55.0 Å². The zero-order chi connectivity index (χ0) is 23.0. The Bertz CT molecular complexity index is 1050. The van der Waals surface area contributed by atoms with Gasteiger partial charge in [0, 0.05) is 18.4 Å². The maximum absolute atomic E-state index is 12.6. The van der Waals surface area contributed by atoms with Crippen LogP contribution in [0, 0.1) is 5.92 Å². The summed E-state index contributed by atoms with van der Waals surface area (Å²) >= 11 is 0. The first-order valence-corrected chi connectivity index (χ1v) is 11.6. The summed E-state index contributed by atoms with van der Waals surface area (Å²) in [4.78, 5) is 36.5. The summed E-state index contributed by atoms with van der Waals surface area (Å²) in [5, 5.41) is 15.1. The van der Waals surface area contributed by atoms with Crippen molar-refractivity contribution in [1.29, 1.82) is 0 Å². The number of rotatable bonds is 7. The average Bonchev–Trinajstić information content (AvgIpc) is 3.24. The van der Waals surface area contributed by atoms with Crippen molar-refractivity contribution in [1.82, 2.24) is 10.6 Å². The molecule has 0 aliphatic heterocycles. The molecule has 0 heterocycles. The first-order valence-electron chi connectivity index (χ1n) is 11.6. The Morgan fingerprint density at radius 1 is 0.970 bits per heavy atom. The number of carbonyl (C=O) groups excluding carboxylic acids is 2. The van der Waals surface area contributed by atoms with E-state index < -0.39 is 23.5 Å². The second-order valence-electron chi connectivity index (χ2n) is 9.46. The molecular formula is C26H28N2O5. The molecule has 7 heteroatoms. The minimum absolute atomic E-state index is 0.0167. The lowest BCUT2D eigenvalue weighted by Gasteiger charge is -2.21. The molecule has 2 aromatic rings. The van der Waals surface area contributed by atoms with Crippen molar-refractivity contribution in [3.63, 3.8) is 0 Å². The summed E-state index contributed by atoms with van der Waals surface area (Å²) in [6.07, 6.45) is 3.09. The number of hydrogen-bond acceptors (Lipinski definition) is 4. The number of benzene rings is 2. The molecule has 2 saturated carbocycles. The summed E-state index contributed by atoms with van der Waals surface area (Å²) in [5.41, 5.74) is 4.05. The second-order valence-corrected chi connectivity index (χ2v) is 9.46. The van der Waals surface area contributed by atoms with E-state index in [1.165, 1.54) is 11.1 Å². The van der Waals surface area contributed by atoms with Crippen LogP contribution >= 0.6 is 0 Å². The number of carbonyl (C=O) groups is 3. The van der Waals surface area contributed by atoms with Crippen LogP contribution < -0.4 is 10.6 Å². The van der Waals surface area contributed by atoms with E-state index in [0.717, 1.165) is 17.5 Å². The summed E-state index contributed by atoms with van der Waals surface area (Å²) < 4.78 is 5.62. The molecule has 3 N–H and O–H groups in total. The van der Waals surface area contributed by atoms with Gasteiger partial charge in [0.2, 0.25) is 5.91 Å². The molecule has 2 aromatic carbocycles. The summed E-state index contributed by atoms with van der Waals surface area (Å²) in [6.45, 7) is 0.227. The fourth-order valence-electron chi connectivity index (χ4n) is 5.34. The Morgan fingerprint density at radius 2 is 1.61 bits per heavy atom. The number of alkyl carbamates (subject to hydrolysis) is 1. The zero-order valence-electron chi connectivity index (χ0n) is 18.4. The maximum atomic E-state index is 12.6. The molecule has 33 heavy (non-hydrogen) atoms. The highest BCUT2D eigenvalue weighted by atomic mass is 16.5. The van der Waals surface area contributed by atoms with Gasteiger partial charge in [-0.2, -0.15) is 0 Å². The highest BCUT2D eigenvalue weighted by Crippen LogP contribution is 2.44. The monoisotopic (exact) mass is 448 g/mol. The lowest BCUT2D eigenvalue weighted by atomic mass is 9.98. The largest absolute Gasteiger partial charge is 0.481 e. The number of ether oxygens (including phenoxy) is 1. The first-order chi connectivity index (χ1) is 16.0. The van der Waals surface area contributed by atoms with Gasteiger partial charge in [0.25, 0.3) is 0 Å². The fourth-order valence-corrected chi connectivity index (χ4v) is 5.34. The van der Waals surface area contributed by atoms with Gasteiger partial charge in [0.15, 0.2) is 0 Å². The van der Waals surface area contributed by atoms with Crippen molar-refractivity contribution in [3.05, 3.63) is 59.7 Å². The fraction of sp³-hybridized carbons (Fsp3) is 0.423. The van der Waals surface area contributed by atoms with E-state index in [9.17, 15) is 19.5 Å². The van der Waals surface area contributed by atoms with Crippen LogP contribution in [0.4, 0.5) is 4.79 Å². The zero-order valence-corrected chi connectivity index (χ0v) is 18.4. The molecular weight excluding hydrogens is 420 g/mol. The number of hydrogen-bond donors (Lipinski definition) is 3. The molecule has 3 aliphatic rings. The molecule has 3 aliphatic carbocycles. The van der Waals surface area contributed by atoms with Crippen LogP contribution in [0.25, 0.3) is 11.1 Å². The molecule has 0 radical (unpaired) electrons. The third-order valence-corrected chi connectivity index (χ3v) is 7.24. The highest BCUT2D eigenvalue weighted by molar-refractivity contribution is 5.81. The molecule has 7 nitrogen and oxygen atoms in total. The Morgan fingerprint density at radius 3 is 2.21 bits per heavy atom. The summed E-state index contributed by atoms with van der Waals surface area (Å²) in [5.74, 6) is -1.63. The molecule has 5 rings (SSSR count). The SMILES string of the molecule is O=C(CC1(NC(=O)OCC2c3ccccc3-c3ccccc32)CC1)NC1CCCC1C(=O)O. The van der Waals surface area contributed by atoms with Gasteiger partial charge < -0.3 is 20.5 Å². The van der Waals surface area contributed by atoms with Crippen molar-refractivity contribution in [2.24, 2.45) is 5.92 Å². The van der Waals surface area contributed by atoms with E-state index in [1.54, 1.807) is 0 Å². The Kier molecular flexibility index (Phi) is 5.56. The quantitative estimate of drug-likeness (QED) is 0.597. The van der Waals surface area contributed by atoms with Gasteiger partial charge in [-0.3, -0.25) is 9.59 Å². The number of carboxylic acids is 1. The minimum atomic E-state index is -0.865. The predicted octanol–water partition coefficient (Wildman–Crippen LogP) is 3.82. The average molecular weight is 449 g/mol. The summed E-state index contributed by atoms with van der Waals surface area (Å²) in [7, 11) is 0. The van der Waals surface area contributed by atoms with E-state index in [1.807, 2.05) is 24.3 Å². The molecule has 172 valence electrons. The topological polar surface area (TPSA) is 105 Å². The van der Waals surface area contributed by atoms with Crippen molar-refractivity contribution >= 4 is 18.0 Å². The van der Waals surface area contributed by atoms with Gasteiger partial charge in [-0.05, 0) is 47.9 Å². The number of fused-ring (bicyclic) bond motifs is 3. The van der Waals surface area contributed by atoms with Gasteiger partial charge in [0.05, 0.1) is 11.5 Å². The molecule has 2 unspecified atom stereocenters. The van der Waals surface area contributed by atoms with Crippen molar-refractivity contribution in [2.75, 3.05) is 6.61 Å². The predicted molar refractivity (Wildman–Crippen MR) is 122 cm³/mol. The van der Waals surface area contributed by atoms with E-state index >= 15 is 0 Å². The lowest BCUT2D eigenvalue weighted by molar-refractivity contribution is -0.142. The van der Waals surface area contributed by atoms with E-state index in [0.29, 0.717) is 25.7 Å².